The summed E-state index contributed by atoms with van der Waals surface area (Å²) in [5, 5.41) is 0. The van der Waals surface area contributed by atoms with Gasteiger partial charge >= 0.3 is 0 Å². The van der Waals surface area contributed by atoms with Gasteiger partial charge in [-0.3, -0.25) is 0 Å². The zero-order valence-corrected chi connectivity index (χ0v) is 13.2. The van der Waals surface area contributed by atoms with Gasteiger partial charge in [-0.2, -0.15) is 0 Å². The summed E-state index contributed by atoms with van der Waals surface area (Å²) in [6, 6.07) is 15.2. The highest BCUT2D eigenvalue weighted by molar-refractivity contribution is 5.38. The Labute approximate surface area is 127 Å². The van der Waals surface area contributed by atoms with Gasteiger partial charge < -0.3 is 10.5 Å². The molecule has 1 unspecified atom stereocenters. The minimum Gasteiger partial charge on any atom is -0.496 e. The highest BCUT2D eigenvalue weighted by atomic mass is 16.5. The van der Waals surface area contributed by atoms with Crippen molar-refractivity contribution in [3.63, 3.8) is 0 Å². The Bertz CT molecular complexity index is 575. The lowest BCUT2D eigenvalue weighted by atomic mass is 9.90. The fourth-order valence-corrected chi connectivity index (χ4v) is 2.70. The first-order valence-electron chi connectivity index (χ1n) is 7.60. The van der Waals surface area contributed by atoms with Crippen molar-refractivity contribution in [3.8, 4) is 5.75 Å². The van der Waals surface area contributed by atoms with Gasteiger partial charge in [-0.15, -0.1) is 0 Å². The standard InChI is InChI=1S/C19H25NO/c1-4-16-11-15(7-10-19(16)21-3)12-18(13-20)17-8-5-14(2)6-9-17/h5-11,18H,4,12-13,20H2,1-3H3. The predicted octanol–water partition coefficient (Wildman–Crippen LogP) is 3.85. The molecule has 2 aromatic rings. The fraction of sp³-hybridized carbons (Fsp3) is 0.368. The summed E-state index contributed by atoms with van der Waals surface area (Å²) in [6.45, 7) is 4.93. The van der Waals surface area contributed by atoms with E-state index < -0.39 is 0 Å². The lowest BCUT2D eigenvalue weighted by Gasteiger charge is -2.17. The van der Waals surface area contributed by atoms with Crippen molar-refractivity contribution in [1.82, 2.24) is 0 Å². The summed E-state index contributed by atoms with van der Waals surface area (Å²) < 4.78 is 5.40. The van der Waals surface area contributed by atoms with Crippen LogP contribution in [0, 0.1) is 6.92 Å². The minimum atomic E-state index is 0.365. The predicted molar refractivity (Wildman–Crippen MR) is 89.1 cm³/mol. The van der Waals surface area contributed by atoms with Crippen LogP contribution in [0.2, 0.25) is 0 Å². The molecule has 2 nitrogen and oxygen atoms in total. The van der Waals surface area contributed by atoms with Crippen LogP contribution in [0.4, 0.5) is 0 Å². The molecule has 0 aliphatic rings. The maximum absolute atomic E-state index is 5.99. The second kappa shape index (κ2) is 7.28. The third kappa shape index (κ3) is 3.85. The summed E-state index contributed by atoms with van der Waals surface area (Å²) in [7, 11) is 1.73. The number of benzene rings is 2. The molecule has 112 valence electrons. The third-order valence-corrected chi connectivity index (χ3v) is 4.04. The van der Waals surface area contributed by atoms with E-state index in [-0.39, 0.29) is 0 Å². The normalized spacial score (nSPS) is 12.2. The Hall–Kier alpha value is -1.80. The molecule has 0 spiro atoms. The topological polar surface area (TPSA) is 35.2 Å². The van der Waals surface area contributed by atoms with E-state index in [0.29, 0.717) is 12.5 Å². The Kier molecular flexibility index (Phi) is 5.40. The average molecular weight is 283 g/mol. The molecule has 1 atom stereocenters. The number of ether oxygens (including phenoxy) is 1. The molecule has 0 amide bonds. The van der Waals surface area contributed by atoms with Gasteiger partial charge in [-0.1, -0.05) is 48.9 Å². The van der Waals surface area contributed by atoms with E-state index in [4.69, 9.17) is 10.5 Å². The largest absolute Gasteiger partial charge is 0.496 e. The molecule has 0 aliphatic carbocycles. The second-order valence-electron chi connectivity index (χ2n) is 5.55. The average Bonchev–Trinajstić information content (AvgIpc) is 2.53. The zero-order valence-electron chi connectivity index (χ0n) is 13.2. The van der Waals surface area contributed by atoms with Gasteiger partial charge in [0.1, 0.15) is 5.75 Å². The Balaban J connectivity index is 2.20. The second-order valence-corrected chi connectivity index (χ2v) is 5.55. The first kappa shape index (κ1) is 15.6. The molecule has 2 N–H and O–H groups in total. The highest BCUT2D eigenvalue weighted by Crippen LogP contribution is 2.25. The van der Waals surface area contributed by atoms with Crippen molar-refractivity contribution in [2.24, 2.45) is 5.73 Å². The van der Waals surface area contributed by atoms with Crippen molar-refractivity contribution in [1.29, 1.82) is 0 Å². The lowest BCUT2D eigenvalue weighted by molar-refractivity contribution is 0.410. The number of rotatable bonds is 6. The summed E-state index contributed by atoms with van der Waals surface area (Å²) in [6.07, 6.45) is 1.95. The van der Waals surface area contributed by atoms with Crippen LogP contribution in [0.15, 0.2) is 42.5 Å². The van der Waals surface area contributed by atoms with Crippen molar-refractivity contribution in [2.45, 2.75) is 32.6 Å². The van der Waals surface area contributed by atoms with Crippen molar-refractivity contribution in [2.75, 3.05) is 13.7 Å². The molecule has 0 saturated heterocycles. The monoisotopic (exact) mass is 283 g/mol. The van der Waals surface area contributed by atoms with Crippen LogP contribution in [0.1, 0.15) is 35.1 Å². The van der Waals surface area contributed by atoms with Crippen molar-refractivity contribution in [3.05, 3.63) is 64.7 Å². The molecule has 0 fully saturated rings. The Morgan fingerprint density at radius 2 is 1.81 bits per heavy atom. The van der Waals surface area contributed by atoms with Crippen LogP contribution in [0.25, 0.3) is 0 Å². The molecule has 0 bridgehead atoms. The quantitative estimate of drug-likeness (QED) is 0.874. The first-order valence-corrected chi connectivity index (χ1v) is 7.60. The minimum absolute atomic E-state index is 0.365. The molecule has 0 saturated carbocycles. The van der Waals surface area contributed by atoms with Gasteiger partial charge in [-0.05, 0) is 49.1 Å². The van der Waals surface area contributed by atoms with Crippen LogP contribution in [0.5, 0.6) is 5.75 Å². The molecular weight excluding hydrogens is 258 g/mol. The Morgan fingerprint density at radius 1 is 1.10 bits per heavy atom. The smallest absolute Gasteiger partial charge is 0.122 e. The van der Waals surface area contributed by atoms with E-state index in [1.54, 1.807) is 7.11 Å². The molecule has 2 rings (SSSR count). The van der Waals surface area contributed by atoms with Gasteiger partial charge in [0.25, 0.3) is 0 Å². The molecular formula is C19H25NO. The Morgan fingerprint density at radius 3 is 2.38 bits per heavy atom. The molecule has 0 heterocycles. The van der Waals surface area contributed by atoms with E-state index in [2.05, 4.69) is 56.3 Å². The summed E-state index contributed by atoms with van der Waals surface area (Å²) in [4.78, 5) is 0. The van der Waals surface area contributed by atoms with Gasteiger partial charge in [0.2, 0.25) is 0 Å². The van der Waals surface area contributed by atoms with Gasteiger partial charge in [0, 0.05) is 5.92 Å². The van der Waals surface area contributed by atoms with E-state index >= 15 is 0 Å². The number of aryl methyl sites for hydroxylation is 2. The van der Waals surface area contributed by atoms with Crippen LogP contribution < -0.4 is 10.5 Å². The van der Waals surface area contributed by atoms with Gasteiger partial charge in [0.15, 0.2) is 0 Å². The lowest BCUT2D eigenvalue weighted by Crippen LogP contribution is -2.15. The highest BCUT2D eigenvalue weighted by Gasteiger charge is 2.12. The fourth-order valence-electron chi connectivity index (χ4n) is 2.70. The van der Waals surface area contributed by atoms with E-state index in [1.165, 1.54) is 22.3 Å². The van der Waals surface area contributed by atoms with Gasteiger partial charge in [0.05, 0.1) is 7.11 Å². The molecule has 2 heteroatoms. The number of hydrogen-bond donors (Lipinski definition) is 1. The van der Waals surface area contributed by atoms with Crippen LogP contribution in [-0.2, 0) is 12.8 Å². The first-order chi connectivity index (χ1) is 10.2. The number of hydrogen-bond acceptors (Lipinski definition) is 2. The molecule has 0 aliphatic heterocycles. The molecule has 0 radical (unpaired) electrons. The van der Waals surface area contributed by atoms with Crippen LogP contribution >= 0.6 is 0 Å². The summed E-state index contributed by atoms with van der Waals surface area (Å²) >= 11 is 0. The van der Waals surface area contributed by atoms with E-state index in [1.807, 2.05) is 0 Å². The third-order valence-electron chi connectivity index (χ3n) is 4.04. The number of methoxy groups -OCH3 is 1. The SMILES string of the molecule is CCc1cc(CC(CN)c2ccc(C)cc2)ccc1OC. The molecule has 0 aromatic heterocycles. The van der Waals surface area contributed by atoms with E-state index in [9.17, 15) is 0 Å². The maximum Gasteiger partial charge on any atom is 0.122 e. The van der Waals surface area contributed by atoms with Crippen LogP contribution in [0.3, 0.4) is 0 Å². The van der Waals surface area contributed by atoms with E-state index in [0.717, 1.165) is 18.6 Å². The van der Waals surface area contributed by atoms with Crippen molar-refractivity contribution >= 4 is 0 Å². The summed E-state index contributed by atoms with van der Waals surface area (Å²) in [5.41, 5.74) is 11.2. The maximum atomic E-state index is 5.99. The molecule has 21 heavy (non-hydrogen) atoms. The summed E-state index contributed by atoms with van der Waals surface area (Å²) in [5.74, 6) is 1.34. The van der Waals surface area contributed by atoms with Gasteiger partial charge in [-0.25, -0.2) is 0 Å². The van der Waals surface area contributed by atoms with Crippen molar-refractivity contribution < 1.29 is 4.74 Å². The zero-order chi connectivity index (χ0) is 15.2. The molecule has 2 aromatic carbocycles. The van der Waals surface area contributed by atoms with Crippen LogP contribution in [-0.4, -0.2) is 13.7 Å². The number of nitrogens with two attached hydrogens (primary N) is 1.